The molecule has 1 aromatic carbocycles. The maximum Gasteiger partial charge on any atom is 0.0608 e. The molecule has 0 aromatic heterocycles. The molecule has 1 heterocycles. The summed E-state index contributed by atoms with van der Waals surface area (Å²) in [7, 11) is 0. The largest absolute Gasteiger partial charge is 0.379 e. The van der Waals surface area contributed by atoms with Crippen LogP contribution in [0, 0.1) is 3.57 Å². The fourth-order valence-corrected chi connectivity index (χ4v) is 1.89. The quantitative estimate of drug-likeness (QED) is 0.858. The molecule has 0 unspecified atom stereocenters. The van der Waals surface area contributed by atoms with Crippen LogP contribution in [0.4, 0.5) is 0 Å². The number of hydrogen-bond acceptors (Lipinski definition) is 3. The summed E-state index contributed by atoms with van der Waals surface area (Å²) in [6.07, 6.45) is 0. The van der Waals surface area contributed by atoms with E-state index in [2.05, 4.69) is 57.3 Å². The molecule has 1 N–H and O–H groups in total. The Morgan fingerprint density at radius 2 is 1.87 bits per heavy atom. The number of nitrogens with one attached hydrogen (secondary N) is 1. The van der Waals surface area contributed by atoms with Crippen LogP contribution in [0.25, 0.3) is 0 Å². The van der Waals surface area contributed by atoms with Gasteiger partial charge in [-0.1, -0.05) is 12.1 Å². The van der Waals surface area contributed by atoms with Crippen molar-refractivity contribution < 1.29 is 4.74 Å². The molecule has 3 nitrogen and oxygen atoms in total. The molecule has 1 aliphatic heterocycles. The van der Waals surface area contributed by atoms with Crippen LogP contribution in [-0.4, -0.2) is 31.3 Å². The molecule has 1 saturated heterocycles. The van der Waals surface area contributed by atoms with Crippen molar-refractivity contribution in [2.45, 2.75) is 6.54 Å². The van der Waals surface area contributed by atoms with Crippen LogP contribution in [-0.2, 0) is 11.3 Å². The zero-order chi connectivity index (χ0) is 10.5. The topological polar surface area (TPSA) is 24.5 Å². The summed E-state index contributed by atoms with van der Waals surface area (Å²) in [4.78, 5) is 0. The molecule has 2 rings (SSSR count). The van der Waals surface area contributed by atoms with Crippen molar-refractivity contribution in [1.82, 2.24) is 10.4 Å². The van der Waals surface area contributed by atoms with Gasteiger partial charge in [0.05, 0.1) is 13.2 Å². The van der Waals surface area contributed by atoms with Gasteiger partial charge in [-0.2, -0.15) is 0 Å². The monoisotopic (exact) mass is 318 g/mol. The Bertz CT molecular complexity index is 296. The maximum absolute atomic E-state index is 5.28. The van der Waals surface area contributed by atoms with Crippen LogP contribution in [0.1, 0.15) is 5.56 Å². The summed E-state index contributed by atoms with van der Waals surface area (Å²) in [6.45, 7) is 4.52. The SMILES string of the molecule is Ic1ccc(CNN2CCOCC2)cc1. The number of ether oxygens (including phenoxy) is 1. The smallest absolute Gasteiger partial charge is 0.0608 e. The average molecular weight is 318 g/mol. The van der Waals surface area contributed by atoms with Crippen molar-refractivity contribution >= 4 is 22.6 Å². The zero-order valence-electron chi connectivity index (χ0n) is 8.58. The highest BCUT2D eigenvalue weighted by molar-refractivity contribution is 14.1. The lowest BCUT2D eigenvalue weighted by atomic mass is 10.2. The Morgan fingerprint density at radius 1 is 1.20 bits per heavy atom. The van der Waals surface area contributed by atoms with Crippen molar-refractivity contribution in [3.05, 3.63) is 33.4 Å². The molecule has 0 atom stereocenters. The highest BCUT2D eigenvalue weighted by Crippen LogP contribution is 2.06. The van der Waals surface area contributed by atoms with Gasteiger partial charge in [0.2, 0.25) is 0 Å². The van der Waals surface area contributed by atoms with Gasteiger partial charge in [-0.3, -0.25) is 5.43 Å². The molecule has 82 valence electrons. The number of morpholine rings is 1. The van der Waals surface area contributed by atoms with Crippen LogP contribution in [0.3, 0.4) is 0 Å². The summed E-state index contributed by atoms with van der Waals surface area (Å²) >= 11 is 2.32. The zero-order valence-corrected chi connectivity index (χ0v) is 10.7. The van der Waals surface area contributed by atoms with Gasteiger partial charge in [-0.15, -0.1) is 0 Å². The van der Waals surface area contributed by atoms with E-state index in [9.17, 15) is 0 Å². The van der Waals surface area contributed by atoms with E-state index < -0.39 is 0 Å². The molecule has 0 saturated carbocycles. The van der Waals surface area contributed by atoms with E-state index >= 15 is 0 Å². The number of hydrazine groups is 1. The van der Waals surface area contributed by atoms with Gasteiger partial charge >= 0.3 is 0 Å². The Morgan fingerprint density at radius 3 is 2.53 bits per heavy atom. The van der Waals surface area contributed by atoms with Crippen molar-refractivity contribution in [3.8, 4) is 0 Å². The molecule has 4 heteroatoms. The number of rotatable bonds is 3. The molecule has 0 spiro atoms. The maximum atomic E-state index is 5.28. The van der Waals surface area contributed by atoms with E-state index in [0.29, 0.717) is 0 Å². The number of nitrogens with zero attached hydrogens (tertiary/aromatic N) is 1. The molecule has 1 fully saturated rings. The third-order valence-electron chi connectivity index (χ3n) is 2.43. The van der Waals surface area contributed by atoms with Gasteiger partial charge in [0, 0.05) is 23.2 Å². The van der Waals surface area contributed by atoms with Gasteiger partial charge in [-0.25, -0.2) is 5.01 Å². The van der Waals surface area contributed by atoms with E-state index in [-0.39, 0.29) is 0 Å². The van der Waals surface area contributed by atoms with E-state index in [0.717, 1.165) is 32.8 Å². The fraction of sp³-hybridized carbons (Fsp3) is 0.455. The molecular weight excluding hydrogens is 303 g/mol. The summed E-state index contributed by atoms with van der Waals surface area (Å²) in [5.41, 5.74) is 4.73. The average Bonchev–Trinajstić information content (AvgIpc) is 2.30. The molecule has 15 heavy (non-hydrogen) atoms. The molecule has 0 radical (unpaired) electrons. The molecule has 1 aromatic rings. The minimum Gasteiger partial charge on any atom is -0.379 e. The summed E-state index contributed by atoms with van der Waals surface area (Å²) in [5, 5.41) is 2.22. The van der Waals surface area contributed by atoms with Crippen molar-refractivity contribution in [1.29, 1.82) is 0 Å². The molecule has 0 aliphatic carbocycles. The Hall–Kier alpha value is -0.170. The van der Waals surface area contributed by atoms with Gasteiger partial charge in [0.25, 0.3) is 0 Å². The van der Waals surface area contributed by atoms with Crippen LogP contribution < -0.4 is 5.43 Å². The summed E-state index contributed by atoms with van der Waals surface area (Å²) in [5.74, 6) is 0. The number of hydrogen-bond donors (Lipinski definition) is 1. The van der Waals surface area contributed by atoms with Gasteiger partial charge in [0.15, 0.2) is 0 Å². The lowest BCUT2D eigenvalue weighted by molar-refractivity contribution is 0.0106. The second kappa shape index (κ2) is 5.79. The normalized spacial score (nSPS) is 17.9. The lowest BCUT2D eigenvalue weighted by Gasteiger charge is -2.27. The number of halogens is 1. The molecule has 0 bridgehead atoms. The third-order valence-corrected chi connectivity index (χ3v) is 3.15. The van der Waals surface area contributed by atoms with Crippen LogP contribution in [0.2, 0.25) is 0 Å². The van der Waals surface area contributed by atoms with E-state index in [1.807, 2.05) is 0 Å². The highest BCUT2D eigenvalue weighted by Gasteiger charge is 2.08. The minimum atomic E-state index is 0.833. The summed E-state index contributed by atoms with van der Waals surface area (Å²) in [6, 6.07) is 8.60. The second-order valence-electron chi connectivity index (χ2n) is 3.56. The van der Waals surface area contributed by atoms with Crippen molar-refractivity contribution in [2.75, 3.05) is 26.3 Å². The standard InChI is InChI=1S/C11H15IN2O/c12-11-3-1-10(2-4-11)9-13-14-5-7-15-8-6-14/h1-4,13H,5-9H2. The lowest BCUT2D eigenvalue weighted by Crippen LogP contribution is -2.45. The Labute approximate surface area is 104 Å². The first-order chi connectivity index (χ1) is 7.34. The predicted molar refractivity (Wildman–Crippen MR) is 68.4 cm³/mol. The first-order valence-electron chi connectivity index (χ1n) is 5.15. The molecular formula is C11H15IN2O. The minimum absolute atomic E-state index is 0.833. The number of benzene rings is 1. The summed E-state index contributed by atoms with van der Waals surface area (Å²) < 4.78 is 6.57. The van der Waals surface area contributed by atoms with Crippen LogP contribution in [0.15, 0.2) is 24.3 Å². The fourth-order valence-electron chi connectivity index (χ4n) is 1.53. The van der Waals surface area contributed by atoms with Crippen LogP contribution >= 0.6 is 22.6 Å². The Kier molecular flexibility index (Phi) is 4.37. The first-order valence-corrected chi connectivity index (χ1v) is 6.23. The van der Waals surface area contributed by atoms with Gasteiger partial charge in [0.1, 0.15) is 0 Å². The highest BCUT2D eigenvalue weighted by atomic mass is 127. The van der Waals surface area contributed by atoms with Gasteiger partial charge in [-0.05, 0) is 40.3 Å². The third kappa shape index (κ3) is 3.71. The van der Waals surface area contributed by atoms with Gasteiger partial charge < -0.3 is 4.74 Å². The van der Waals surface area contributed by atoms with Crippen molar-refractivity contribution in [3.63, 3.8) is 0 Å². The van der Waals surface area contributed by atoms with E-state index in [1.165, 1.54) is 9.13 Å². The second-order valence-corrected chi connectivity index (χ2v) is 4.81. The van der Waals surface area contributed by atoms with Crippen molar-refractivity contribution in [2.24, 2.45) is 0 Å². The van der Waals surface area contributed by atoms with E-state index in [1.54, 1.807) is 0 Å². The Balaban J connectivity index is 1.79. The predicted octanol–water partition coefficient (Wildman–Crippen LogP) is 1.63. The molecule has 0 amide bonds. The van der Waals surface area contributed by atoms with E-state index in [4.69, 9.17) is 4.74 Å². The first kappa shape index (κ1) is 11.3. The van der Waals surface area contributed by atoms with Crippen LogP contribution in [0.5, 0.6) is 0 Å². The molecule has 1 aliphatic rings.